The Balaban J connectivity index is 1.19. The lowest BCUT2D eigenvalue weighted by atomic mass is 10.1. The molecule has 1 fully saturated rings. The standard InChI is InChI=1S/C28H20N4O5S/c33-27-24(31-28(34)32(27)25-5-1-3-19-16-29-13-11-22(19)25)15-18-7-9-21(10-8-18)37-38(35,36)26-6-2-4-20-17-30-14-12-23(20)26/h1-14,16-17,24H,15H2,(H,31,34). The van der Waals surface area contributed by atoms with Gasteiger partial charge in [0, 0.05) is 52.8 Å². The Morgan fingerprint density at radius 1 is 0.816 bits per heavy atom. The van der Waals surface area contributed by atoms with Crippen molar-refractivity contribution in [3.8, 4) is 5.75 Å². The topological polar surface area (TPSA) is 119 Å². The van der Waals surface area contributed by atoms with Gasteiger partial charge in [0.1, 0.15) is 16.7 Å². The Bertz CT molecular complexity index is 1810. The van der Waals surface area contributed by atoms with E-state index in [-0.39, 0.29) is 23.0 Å². The molecule has 2 aromatic heterocycles. The van der Waals surface area contributed by atoms with E-state index in [4.69, 9.17) is 4.18 Å². The fraction of sp³-hybridized carbons (Fsp3) is 0.0714. The third-order valence-corrected chi connectivity index (χ3v) is 7.70. The van der Waals surface area contributed by atoms with Gasteiger partial charge >= 0.3 is 16.1 Å². The van der Waals surface area contributed by atoms with Gasteiger partial charge in [0.25, 0.3) is 5.91 Å². The van der Waals surface area contributed by atoms with Gasteiger partial charge in [0.05, 0.1) is 5.69 Å². The summed E-state index contributed by atoms with van der Waals surface area (Å²) < 4.78 is 31.3. The van der Waals surface area contributed by atoms with Crippen molar-refractivity contribution in [3.63, 3.8) is 0 Å². The molecule has 1 unspecified atom stereocenters. The number of carbonyl (C=O) groups excluding carboxylic acids is 2. The Morgan fingerprint density at radius 2 is 1.47 bits per heavy atom. The minimum atomic E-state index is -4.10. The normalized spacial score (nSPS) is 15.7. The molecule has 6 rings (SSSR count). The van der Waals surface area contributed by atoms with E-state index >= 15 is 0 Å². The third-order valence-electron chi connectivity index (χ3n) is 6.40. The highest BCUT2D eigenvalue weighted by Gasteiger charge is 2.39. The Hall–Kier alpha value is -4.83. The predicted octanol–water partition coefficient (Wildman–Crippen LogP) is 4.22. The number of hydrogen-bond acceptors (Lipinski definition) is 7. The quantitative estimate of drug-likeness (QED) is 0.261. The van der Waals surface area contributed by atoms with Crippen LogP contribution in [0.3, 0.4) is 0 Å². The van der Waals surface area contributed by atoms with Crippen LogP contribution in [-0.4, -0.2) is 36.4 Å². The molecule has 9 nitrogen and oxygen atoms in total. The third kappa shape index (κ3) is 4.20. The number of carbonyl (C=O) groups is 2. The second kappa shape index (κ2) is 9.24. The first-order chi connectivity index (χ1) is 18.4. The van der Waals surface area contributed by atoms with Gasteiger partial charge in [-0.25, -0.2) is 9.69 Å². The Kier molecular flexibility index (Phi) is 5.73. The zero-order chi connectivity index (χ0) is 26.3. The summed E-state index contributed by atoms with van der Waals surface area (Å²) >= 11 is 0. The number of nitrogens with zero attached hydrogens (tertiary/aromatic N) is 3. The maximum absolute atomic E-state index is 13.2. The summed E-state index contributed by atoms with van der Waals surface area (Å²) in [6.07, 6.45) is 6.64. The average Bonchev–Trinajstić information content (AvgIpc) is 3.21. The van der Waals surface area contributed by atoms with Crippen molar-refractivity contribution in [1.82, 2.24) is 15.3 Å². The summed E-state index contributed by atoms with van der Waals surface area (Å²) in [6, 6.07) is 18.8. The van der Waals surface area contributed by atoms with E-state index < -0.39 is 22.2 Å². The van der Waals surface area contributed by atoms with E-state index in [0.29, 0.717) is 16.5 Å². The number of fused-ring (bicyclic) bond motifs is 2. The molecule has 0 aliphatic carbocycles. The zero-order valence-corrected chi connectivity index (χ0v) is 20.6. The molecule has 0 saturated carbocycles. The lowest BCUT2D eigenvalue weighted by Gasteiger charge is -2.15. The van der Waals surface area contributed by atoms with Crippen LogP contribution < -0.4 is 14.4 Å². The number of amides is 3. The van der Waals surface area contributed by atoms with E-state index in [9.17, 15) is 18.0 Å². The molecular weight excluding hydrogens is 504 g/mol. The molecule has 1 atom stereocenters. The first-order valence-electron chi connectivity index (χ1n) is 11.7. The monoisotopic (exact) mass is 524 g/mol. The highest BCUT2D eigenvalue weighted by molar-refractivity contribution is 7.87. The Morgan fingerprint density at radius 3 is 2.21 bits per heavy atom. The molecule has 38 heavy (non-hydrogen) atoms. The van der Waals surface area contributed by atoms with Crippen LogP contribution >= 0.6 is 0 Å². The Labute approximate surface area is 217 Å². The highest BCUT2D eigenvalue weighted by Crippen LogP contribution is 2.30. The molecular formula is C28H20N4O5S. The van der Waals surface area contributed by atoms with Crippen LogP contribution in [0.2, 0.25) is 0 Å². The summed E-state index contributed by atoms with van der Waals surface area (Å²) in [4.78, 5) is 35.3. The molecule has 0 radical (unpaired) electrons. The van der Waals surface area contributed by atoms with E-state index in [1.807, 2.05) is 6.07 Å². The number of urea groups is 1. The molecule has 5 aromatic rings. The number of benzene rings is 3. The summed E-state index contributed by atoms with van der Waals surface area (Å²) in [7, 11) is -4.10. The molecule has 1 N–H and O–H groups in total. The maximum atomic E-state index is 13.2. The summed E-state index contributed by atoms with van der Waals surface area (Å²) in [5.74, 6) is -0.236. The smallest absolute Gasteiger partial charge is 0.339 e. The van der Waals surface area contributed by atoms with Crippen molar-refractivity contribution in [2.24, 2.45) is 0 Å². The van der Waals surface area contributed by atoms with Crippen LogP contribution in [0, 0.1) is 0 Å². The number of rotatable bonds is 6. The molecule has 0 bridgehead atoms. The number of pyridine rings is 2. The van der Waals surface area contributed by atoms with Crippen molar-refractivity contribution in [2.75, 3.05) is 4.90 Å². The number of imide groups is 1. The van der Waals surface area contributed by atoms with Crippen molar-refractivity contribution in [3.05, 3.63) is 103 Å². The van der Waals surface area contributed by atoms with Crippen LogP contribution in [0.5, 0.6) is 5.75 Å². The van der Waals surface area contributed by atoms with E-state index in [1.165, 1.54) is 24.4 Å². The highest BCUT2D eigenvalue weighted by atomic mass is 32.2. The second-order valence-corrected chi connectivity index (χ2v) is 10.3. The van der Waals surface area contributed by atoms with Gasteiger partial charge in [-0.3, -0.25) is 14.8 Å². The molecule has 10 heteroatoms. The van der Waals surface area contributed by atoms with Gasteiger partial charge in [-0.15, -0.1) is 0 Å². The van der Waals surface area contributed by atoms with Crippen molar-refractivity contribution >= 4 is 49.3 Å². The average molecular weight is 525 g/mol. The van der Waals surface area contributed by atoms with Crippen molar-refractivity contribution < 1.29 is 22.2 Å². The summed E-state index contributed by atoms with van der Waals surface area (Å²) in [5.41, 5.74) is 1.22. The van der Waals surface area contributed by atoms with Crippen LogP contribution in [0.15, 0.2) is 102 Å². The lowest BCUT2D eigenvalue weighted by molar-refractivity contribution is -0.118. The van der Waals surface area contributed by atoms with Crippen LogP contribution in [0.1, 0.15) is 5.56 Å². The largest absolute Gasteiger partial charge is 0.379 e. The molecule has 3 amide bonds. The number of anilines is 1. The number of nitrogens with one attached hydrogen (secondary N) is 1. The fourth-order valence-electron chi connectivity index (χ4n) is 4.60. The van der Waals surface area contributed by atoms with Gasteiger partial charge in [-0.05, 0) is 42.0 Å². The lowest BCUT2D eigenvalue weighted by Crippen LogP contribution is -2.32. The van der Waals surface area contributed by atoms with Crippen molar-refractivity contribution in [2.45, 2.75) is 17.4 Å². The van der Waals surface area contributed by atoms with Gasteiger partial charge < -0.3 is 9.50 Å². The summed E-state index contributed by atoms with van der Waals surface area (Å²) in [5, 5.41) is 5.51. The fourth-order valence-corrected chi connectivity index (χ4v) is 5.75. The molecule has 1 aliphatic heterocycles. The molecule has 1 saturated heterocycles. The first-order valence-corrected chi connectivity index (χ1v) is 13.1. The zero-order valence-electron chi connectivity index (χ0n) is 19.8. The van der Waals surface area contributed by atoms with Gasteiger partial charge in [-0.1, -0.05) is 36.4 Å². The second-order valence-electron chi connectivity index (χ2n) is 8.79. The SMILES string of the molecule is O=C1NC(Cc2ccc(OS(=O)(=O)c3cccc4cnccc34)cc2)C(=O)N1c1cccc2cnccc12. The molecule has 188 valence electrons. The van der Waals surface area contributed by atoms with Crippen LogP contribution in [-0.2, 0) is 21.3 Å². The molecule has 1 aliphatic rings. The first kappa shape index (κ1) is 23.6. The minimum Gasteiger partial charge on any atom is -0.379 e. The van der Waals surface area contributed by atoms with Gasteiger partial charge in [0.15, 0.2) is 0 Å². The number of aromatic nitrogens is 2. The number of hydrogen-bond donors (Lipinski definition) is 1. The van der Waals surface area contributed by atoms with Gasteiger partial charge in [0.2, 0.25) is 0 Å². The summed E-state index contributed by atoms with van der Waals surface area (Å²) in [6.45, 7) is 0. The van der Waals surface area contributed by atoms with Crippen molar-refractivity contribution in [1.29, 1.82) is 0 Å². The maximum Gasteiger partial charge on any atom is 0.339 e. The van der Waals surface area contributed by atoms with Gasteiger partial charge in [-0.2, -0.15) is 8.42 Å². The predicted molar refractivity (Wildman–Crippen MR) is 141 cm³/mol. The van der Waals surface area contributed by atoms with Crippen LogP contribution in [0.4, 0.5) is 10.5 Å². The van der Waals surface area contributed by atoms with E-state index in [0.717, 1.165) is 21.2 Å². The van der Waals surface area contributed by atoms with E-state index in [1.54, 1.807) is 67.1 Å². The van der Waals surface area contributed by atoms with E-state index in [2.05, 4.69) is 15.3 Å². The molecule has 0 spiro atoms. The molecule has 3 aromatic carbocycles. The minimum absolute atomic E-state index is 0.0463. The van der Waals surface area contributed by atoms with Crippen LogP contribution in [0.25, 0.3) is 21.5 Å². The molecule has 3 heterocycles.